The monoisotopic (exact) mass is 272 g/mol. The number of nitrogens with zero attached hydrogens (tertiary/aromatic N) is 1. The number of ether oxygens (including phenoxy) is 2. The molecule has 1 atom stereocenters. The Balaban J connectivity index is 2.15. The summed E-state index contributed by atoms with van der Waals surface area (Å²) in [5, 5.41) is 0. The molecule has 20 heavy (non-hydrogen) atoms. The van der Waals surface area contributed by atoms with Gasteiger partial charge in [0.05, 0.1) is 26.0 Å². The van der Waals surface area contributed by atoms with Crippen molar-refractivity contribution in [3.63, 3.8) is 0 Å². The van der Waals surface area contributed by atoms with Crippen molar-refractivity contribution >= 4 is 0 Å². The molecule has 0 radical (unpaired) electrons. The fourth-order valence-electron chi connectivity index (χ4n) is 2.06. The summed E-state index contributed by atoms with van der Waals surface area (Å²) in [5.41, 5.74) is 9.32. The third-order valence-corrected chi connectivity index (χ3v) is 3.22. The minimum atomic E-state index is -0.131. The van der Waals surface area contributed by atoms with Crippen molar-refractivity contribution in [2.24, 2.45) is 5.73 Å². The van der Waals surface area contributed by atoms with E-state index in [1.54, 1.807) is 14.2 Å². The number of hydrogen-bond acceptors (Lipinski definition) is 4. The maximum atomic E-state index is 6.20. The first kappa shape index (κ1) is 14.3. The zero-order valence-corrected chi connectivity index (χ0v) is 12.1. The molecule has 0 aliphatic carbocycles. The molecule has 4 heteroatoms. The van der Waals surface area contributed by atoms with Crippen LogP contribution in [0.4, 0.5) is 0 Å². The molecule has 0 fully saturated rings. The second-order valence-corrected chi connectivity index (χ2v) is 4.76. The summed E-state index contributed by atoms with van der Waals surface area (Å²) in [4.78, 5) is 4.37. The maximum absolute atomic E-state index is 6.20. The van der Waals surface area contributed by atoms with Crippen molar-refractivity contribution < 1.29 is 9.47 Å². The first-order chi connectivity index (χ1) is 9.63. The number of hydrogen-bond donors (Lipinski definition) is 1. The van der Waals surface area contributed by atoms with Gasteiger partial charge in [-0.05, 0) is 42.7 Å². The topological polar surface area (TPSA) is 57.4 Å². The second-order valence-electron chi connectivity index (χ2n) is 4.76. The van der Waals surface area contributed by atoms with E-state index in [-0.39, 0.29) is 6.04 Å². The van der Waals surface area contributed by atoms with Gasteiger partial charge in [-0.15, -0.1) is 0 Å². The zero-order chi connectivity index (χ0) is 14.5. The highest BCUT2D eigenvalue weighted by Gasteiger charge is 2.11. The van der Waals surface area contributed by atoms with Crippen molar-refractivity contribution in [2.45, 2.75) is 19.4 Å². The minimum Gasteiger partial charge on any atom is -0.493 e. The predicted molar refractivity (Wildman–Crippen MR) is 79.2 cm³/mol. The molecule has 0 amide bonds. The van der Waals surface area contributed by atoms with Gasteiger partial charge in [0.1, 0.15) is 0 Å². The maximum Gasteiger partial charge on any atom is 0.160 e. The van der Waals surface area contributed by atoms with E-state index in [0.717, 1.165) is 22.6 Å². The summed E-state index contributed by atoms with van der Waals surface area (Å²) in [5.74, 6) is 1.44. The molecule has 1 heterocycles. The van der Waals surface area contributed by atoms with Crippen LogP contribution < -0.4 is 15.2 Å². The molecular weight excluding hydrogens is 252 g/mol. The van der Waals surface area contributed by atoms with E-state index in [2.05, 4.69) is 4.98 Å². The molecule has 0 bridgehead atoms. The van der Waals surface area contributed by atoms with Gasteiger partial charge in [0.25, 0.3) is 0 Å². The van der Waals surface area contributed by atoms with E-state index in [9.17, 15) is 0 Å². The van der Waals surface area contributed by atoms with Gasteiger partial charge in [0.15, 0.2) is 11.5 Å². The number of nitrogens with two attached hydrogens (primary N) is 1. The summed E-state index contributed by atoms with van der Waals surface area (Å²) in [7, 11) is 3.25. The molecule has 1 aromatic carbocycles. The molecule has 0 spiro atoms. The van der Waals surface area contributed by atoms with Gasteiger partial charge in [-0.25, -0.2) is 0 Å². The quantitative estimate of drug-likeness (QED) is 0.909. The number of aryl methyl sites for hydroxylation is 1. The number of aromatic nitrogens is 1. The van der Waals surface area contributed by atoms with Crippen LogP contribution in [0.5, 0.6) is 11.5 Å². The average Bonchev–Trinajstić information content (AvgIpc) is 2.47. The summed E-state index contributed by atoms with van der Waals surface area (Å²) < 4.78 is 10.5. The Bertz CT molecular complexity index is 567. The van der Waals surface area contributed by atoms with Crippen LogP contribution in [0.2, 0.25) is 0 Å². The number of methoxy groups -OCH3 is 2. The molecule has 2 rings (SSSR count). The van der Waals surface area contributed by atoms with E-state index < -0.39 is 0 Å². The van der Waals surface area contributed by atoms with Gasteiger partial charge in [-0.3, -0.25) is 4.98 Å². The van der Waals surface area contributed by atoms with Crippen molar-refractivity contribution in [3.8, 4) is 11.5 Å². The lowest BCUT2D eigenvalue weighted by Crippen LogP contribution is -2.15. The van der Waals surface area contributed by atoms with Crippen molar-refractivity contribution in [2.75, 3.05) is 14.2 Å². The Kier molecular flexibility index (Phi) is 4.58. The summed E-state index contributed by atoms with van der Waals surface area (Å²) in [6.45, 7) is 2.01. The summed E-state index contributed by atoms with van der Waals surface area (Å²) in [6, 6.07) is 9.71. The van der Waals surface area contributed by atoms with Crippen LogP contribution in [-0.2, 0) is 6.42 Å². The van der Waals surface area contributed by atoms with Crippen LogP contribution in [0.3, 0.4) is 0 Å². The Labute approximate surface area is 119 Å². The minimum absolute atomic E-state index is 0.131. The van der Waals surface area contributed by atoms with Crippen LogP contribution in [0.15, 0.2) is 36.5 Å². The SMILES string of the molecule is COc1ccc(C[C@@H](N)c2ccc(C)cn2)cc1OC. The van der Waals surface area contributed by atoms with Gasteiger partial charge in [-0.1, -0.05) is 12.1 Å². The first-order valence-electron chi connectivity index (χ1n) is 6.53. The molecule has 0 aliphatic rings. The molecule has 2 aromatic rings. The zero-order valence-electron chi connectivity index (χ0n) is 12.1. The van der Waals surface area contributed by atoms with Crippen LogP contribution in [0.1, 0.15) is 22.9 Å². The fraction of sp³-hybridized carbons (Fsp3) is 0.312. The first-order valence-corrected chi connectivity index (χ1v) is 6.53. The predicted octanol–water partition coefficient (Wildman–Crippen LogP) is 2.65. The smallest absolute Gasteiger partial charge is 0.160 e. The number of rotatable bonds is 5. The molecule has 106 valence electrons. The van der Waals surface area contributed by atoms with Gasteiger partial charge in [0.2, 0.25) is 0 Å². The van der Waals surface area contributed by atoms with Gasteiger partial charge >= 0.3 is 0 Å². The Hall–Kier alpha value is -2.07. The Morgan fingerprint density at radius 2 is 1.85 bits per heavy atom. The van der Waals surface area contributed by atoms with Gasteiger partial charge in [-0.2, -0.15) is 0 Å². The van der Waals surface area contributed by atoms with E-state index in [4.69, 9.17) is 15.2 Å². The lowest BCUT2D eigenvalue weighted by Gasteiger charge is -2.13. The molecule has 0 unspecified atom stereocenters. The van der Waals surface area contributed by atoms with Crippen LogP contribution >= 0.6 is 0 Å². The number of pyridine rings is 1. The molecule has 1 aromatic heterocycles. The lowest BCUT2D eigenvalue weighted by molar-refractivity contribution is 0.354. The van der Waals surface area contributed by atoms with Crippen LogP contribution in [0.25, 0.3) is 0 Å². The van der Waals surface area contributed by atoms with Crippen molar-refractivity contribution in [1.82, 2.24) is 4.98 Å². The van der Waals surface area contributed by atoms with Gasteiger partial charge < -0.3 is 15.2 Å². The fourth-order valence-corrected chi connectivity index (χ4v) is 2.06. The molecule has 4 nitrogen and oxygen atoms in total. The van der Waals surface area contributed by atoms with E-state index >= 15 is 0 Å². The highest BCUT2D eigenvalue weighted by Crippen LogP contribution is 2.28. The highest BCUT2D eigenvalue weighted by atomic mass is 16.5. The van der Waals surface area contributed by atoms with Crippen molar-refractivity contribution in [3.05, 3.63) is 53.3 Å². The highest BCUT2D eigenvalue weighted by molar-refractivity contribution is 5.43. The third kappa shape index (κ3) is 3.27. The molecule has 2 N–H and O–H groups in total. The van der Waals surface area contributed by atoms with E-state index in [1.165, 1.54) is 0 Å². The van der Waals surface area contributed by atoms with E-state index in [0.29, 0.717) is 12.2 Å². The molecule has 0 saturated carbocycles. The normalized spacial score (nSPS) is 12.0. The lowest BCUT2D eigenvalue weighted by atomic mass is 10.0. The van der Waals surface area contributed by atoms with Crippen molar-refractivity contribution in [1.29, 1.82) is 0 Å². The van der Waals surface area contributed by atoms with Crippen LogP contribution in [0, 0.1) is 6.92 Å². The number of benzene rings is 1. The van der Waals surface area contributed by atoms with Gasteiger partial charge in [0, 0.05) is 6.20 Å². The Morgan fingerprint density at radius 1 is 1.10 bits per heavy atom. The second kappa shape index (κ2) is 6.39. The molecule has 0 aliphatic heterocycles. The largest absolute Gasteiger partial charge is 0.493 e. The van der Waals surface area contributed by atoms with Crippen LogP contribution in [-0.4, -0.2) is 19.2 Å². The molecular formula is C16H20N2O2. The third-order valence-electron chi connectivity index (χ3n) is 3.22. The standard InChI is InChI=1S/C16H20N2O2/c1-11-4-6-14(18-10-11)13(17)8-12-5-7-15(19-2)16(9-12)20-3/h4-7,9-10,13H,8,17H2,1-3H3/t13-/m1/s1. The summed E-state index contributed by atoms with van der Waals surface area (Å²) in [6.07, 6.45) is 2.54. The molecule has 0 saturated heterocycles. The average molecular weight is 272 g/mol. The van der Waals surface area contributed by atoms with E-state index in [1.807, 2.05) is 43.5 Å². The Morgan fingerprint density at radius 3 is 2.45 bits per heavy atom. The summed E-state index contributed by atoms with van der Waals surface area (Å²) >= 11 is 0.